The molecule has 0 spiro atoms. The second-order valence-corrected chi connectivity index (χ2v) is 6.82. The Labute approximate surface area is 125 Å². The van der Waals surface area contributed by atoms with Crippen LogP contribution in [0.25, 0.3) is 0 Å². The fraction of sp³-hybridized carbons (Fsp3) is 0.412. The Morgan fingerprint density at radius 1 is 1.15 bits per heavy atom. The normalized spacial score (nSPS) is 14.2. The van der Waals surface area contributed by atoms with Crippen LogP contribution in [0.5, 0.6) is 0 Å². The fourth-order valence-electron chi connectivity index (χ4n) is 2.70. The van der Waals surface area contributed by atoms with E-state index in [9.17, 15) is 0 Å². The highest BCUT2D eigenvalue weighted by Crippen LogP contribution is 2.20. The van der Waals surface area contributed by atoms with Crippen LogP contribution < -0.4 is 5.32 Å². The van der Waals surface area contributed by atoms with Gasteiger partial charge in [-0.2, -0.15) is 0 Å². The Balaban J connectivity index is 1.73. The largest absolute Gasteiger partial charge is 0.309 e. The standard InChI is InChI=1S/C17H22N2S/c1-13(2)19(12-17-4-3-7-20-17)11-14-5-6-15-9-18-10-16(15)8-14/h3-8,13,18H,9-12H2,1-2H3. The third-order valence-electron chi connectivity index (χ3n) is 3.96. The van der Waals surface area contributed by atoms with Crippen molar-refractivity contribution in [3.63, 3.8) is 0 Å². The number of hydrogen-bond donors (Lipinski definition) is 1. The second-order valence-electron chi connectivity index (χ2n) is 5.78. The Morgan fingerprint density at radius 3 is 2.75 bits per heavy atom. The number of nitrogens with zero attached hydrogens (tertiary/aromatic N) is 1. The van der Waals surface area contributed by atoms with E-state index >= 15 is 0 Å². The summed E-state index contributed by atoms with van der Waals surface area (Å²) >= 11 is 1.85. The minimum Gasteiger partial charge on any atom is -0.309 e. The van der Waals surface area contributed by atoms with E-state index in [0.717, 1.165) is 26.2 Å². The maximum Gasteiger partial charge on any atom is 0.0334 e. The first kappa shape index (κ1) is 13.8. The van der Waals surface area contributed by atoms with Crippen molar-refractivity contribution in [2.75, 3.05) is 0 Å². The average molecular weight is 286 g/mol. The van der Waals surface area contributed by atoms with Crippen LogP contribution in [0, 0.1) is 0 Å². The van der Waals surface area contributed by atoms with Gasteiger partial charge in [0.1, 0.15) is 0 Å². The third-order valence-corrected chi connectivity index (χ3v) is 4.82. The van der Waals surface area contributed by atoms with Gasteiger partial charge in [0, 0.05) is 37.1 Å². The van der Waals surface area contributed by atoms with Crippen LogP contribution in [0.2, 0.25) is 0 Å². The van der Waals surface area contributed by atoms with Crippen LogP contribution in [0.1, 0.15) is 35.4 Å². The molecule has 1 aromatic carbocycles. The fourth-order valence-corrected chi connectivity index (χ4v) is 3.43. The van der Waals surface area contributed by atoms with Crippen molar-refractivity contribution < 1.29 is 0 Å². The van der Waals surface area contributed by atoms with E-state index in [1.807, 2.05) is 11.3 Å². The van der Waals surface area contributed by atoms with E-state index in [-0.39, 0.29) is 0 Å². The van der Waals surface area contributed by atoms with Crippen LogP contribution in [-0.2, 0) is 26.2 Å². The number of thiophene rings is 1. The molecule has 0 aliphatic carbocycles. The molecule has 2 aromatic rings. The van der Waals surface area contributed by atoms with Gasteiger partial charge in [0.25, 0.3) is 0 Å². The minimum atomic E-state index is 0.559. The molecule has 1 N–H and O–H groups in total. The number of fused-ring (bicyclic) bond motifs is 1. The Morgan fingerprint density at radius 2 is 2.00 bits per heavy atom. The molecule has 0 atom stereocenters. The summed E-state index contributed by atoms with van der Waals surface area (Å²) in [6.07, 6.45) is 0. The molecule has 0 unspecified atom stereocenters. The van der Waals surface area contributed by atoms with E-state index in [2.05, 4.69) is 59.8 Å². The van der Waals surface area contributed by atoms with Gasteiger partial charge in [0.2, 0.25) is 0 Å². The summed E-state index contributed by atoms with van der Waals surface area (Å²) in [5, 5.41) is 5.58. The van der Waals surface area contributed by atoms with Crippen LogP contribution in [0.15, 0.2) is 35.7 Å². The summed E-state index contributed by atoms with van der Waals surface area (Å²) in [6.45, 7) is 8.69. The molecule has 1 aromatic heterocycles. The summed E-state index contributed by atoms with van der Waals surface area (Å²) in [7, 11) is 0. The van der Waals surface area contributed by atoms with Crippen LogP contribution in [0.3, 0.4) is 0 Å². The van der Waals surface area contributed by atoms with E-state index in [1.54, 1.807) is 0 Å². The van der Waals surface area contributed by atoms with Gasteiger partial charge >= 0.3 is 0 Å². The lowest BCUT2D eigenvalue weighted by Gasteiger charge is -2.26. The molecule has 0 amide bonds. The van der Waals surface area contributed by atoms with E-state index in [4.69, 9.17) is 0 Å². The predicted octanol–water partition coefficient (Wildman–Crippen LogP) is 3.76. The molecule has 2 heterocycles. The highest BCUT2D eigenvalue weighted by atomic mass is 32.1. The summed E-state index contributed by atoms with van der Waals surface area (Å²) in [5.41, 5.74) is 4.36. The van der Waals surface area contributed by atoms with Crippen molar-refractivity contribution in [3.8, 4) is 0 Å². The Kier molecular flexibility index (Phi) is 4.20. The van der Waals surface area contributed by atoms with Crippen molar-refractivity contribution in [2.45, 2.75) is 46.1 Å². The molecule has 20 heavy (non-hydrogen) atoms. The summed E-state index contributed by atoms with van der Waals surface area (Å²) in [5.74, 6) is 0. The van der Waals surface area contributed by atoms with Crippen LogP contribution >= 0.6 is 11.3 Å². The first-order valence-electron chi connectivity index (χ1n) is 7.30. The molecule has 3 heteroatoms. The van der Waals surface area contributed by atoms with Gasteiger partial charge in [-0.15, -0.1) is 11.3 Å². The average Bonchev–Trinajstić information content (AvgIpc) is 3.07. The molecule has 1 aliphatic heterocycles. The van der Waals surface area contributed by atoms with Crippen LogP contribution in [0.4, 0.5) is 0 Å². The lowest BCUT2D eigenvalue weighted by atomic mass is 10.1. The van der Waals surface area contributed by atoms with Gasteiger partial charge in [-0.25, -0.2) is 0 Å². The number of hydrogen-bond acceptors (Lipinski definition) is 3. The zero-order chi connectivity index (χ0) is 13.9. The number of rotatable bonds is 5. The summed E-state index contributed by atoms with van der Waals surface area (Å²) < 4.78 is 0. The maximum atomic E-state index is 3.42. The van der Waals surface area contributed by atoms with Crippen LogP contribution in [-0.4, -0.2) is 10.9 Å². The Hall–Kier alpha value is -1.16. The molecule has 0 radical (unpaired) electrons. The van der Waals surface area contributed by atoms with Gasteiger partial charge in [0.15, 0.2) is 0 Å². The monoisotopic (exact) mass is 286 g/mol. The first-order chi connectivity index (χ1) is 9.72. The summed E-state index contributed by atoms with van der Waals surface area (Å²) in [4.78, 5) is 3.98. The SMILES string of the molecule is CC(C)N(Cc1ccc2c(c1)CNC2)Cc1cccs1. The maximum absolute atomic E-state index is 3.42. The molecule has 0 saturated carbocycles. The smallest absolute Gasteiger partial charge is 0.0334 e. The summed E-state index contributed by atoms with van der Waals surface area (Å²) in [6, 6.07) is 11.9. The molecule has 0 saturated heterocycles. The van der Waals surface area contributed by atoms with Crippen molar-refractivity contribution in [1.82, 2.24) is 10.2 Å². The lowest BCUT2D eigenvalue weighted by molar-refractivity contribution is 0.205. The first-order valence-corrected chi connectivity index (χ1v) is 8.18. The van der Waals surface area contributed by atoms with E-state index < -0.39 is 0 Å². The highest BCUT2D eigenvalue weighted by molar-refractivity contribution is 7.09. The van der Waals surface area contributed by atoms with Gasteiger partial charge in [0.05, 0.1) is 0 Å². The molecule has 1 aliphatic rings. The zero-order valence-electron chi connectivity index (χ0n) is 12.2. The zero-order valence-corrected chi connectivity index (χ0v) is 13.0. The molecule has 2 nitrogen and oxygen atoms in total. The molecule has 106 valence electrons. The molecule has 3 rings (SSSR count). The van der Waals surface area contributed by atoms with Gasteiger partial charge in [-0.1, -0.05) is 24.3 Å². The van der Waals surface area contributed by atoms with Crippen molar-refractivity contribution >= 4 is 11.3 Å². The molecule has 0 fully saturated rings. The van der Waals surface area contributed by atoms with E-state index in [0.29, 0.717) is 6.04 Å². The quantitative estimate of drug-likeness (QED) is 0.900. The number of nitrogens with one attached hydrogen (secondary N) is 1. The lowest BCUT2D eigenvalue weighted by Crippen LogP contribution is -2.29. The molecule has 0 bridgehead atoms. The van der Waals surface area contributed by atoms with E-state index in [1.165, 1.54) is 21.6 Å². The van der Waals surface area contributed by atoms with Gasteiger partial charge in [-0.05, 0) is 42.0 Å². The predicted molar refractivity (Wildman–Crippen MR) is 85.7 cm³/mol. The molecular weight excluding hydrogens is 264 g/mol. The van der Waals surface area contributed by atoms with Crippen molar-refractivity contribution in [3.05, 3.63) is 57.3 Å². The second kappa shape index (κ2) is 6.08. The number of benzene rings is 1. The van der Waals surface area contributed by atoms with Crippen molar-refractivity contribution in [1.29, 1.82) is 0 Å². The van der Waals surface area contributed by atoms with Gasteiger partial charge < -0.3 is 5.32 Å². The minimum absolute atomic E-state index is 0.559. The molecular formula is C17H22N2S. The Bertz CT molecular complexity index is 560. The van der Waals surface area contributed by atoms with Gasteiger partial charge in [-0.3, -0.25) is 4.90 Å². The topological polar surface area (TPSA) is 15.3 Å². The third kappa shape index (κ3) is 3.11. The highest BCUT2D eigenvalue weighted by Gasteiger charge is 2.14. The van der Waals surface area contributed by atoms with Crippen molar-refractivity contribution in [2.24, 2.45) is 0 Å².